The lowest BCUT2D eigenvalue weighted by Gasteiger charge is -2.30. The van der Waals surface area contributed by atoms with Crippen LogP contribution in [0.5, 0.6) is 0 Å². The van der Waals surface area contributed by atoms with Gasteiger partial charge in [-0.25, -0.2) is 9.97 Å². The fraction of sp³-hybridized carbons (Fsp3) is 0.522. The number of anilines is 1. The fourth-order valence-corrected chi connectivity index (χ4v) is 4.36. The maximum atomic E-state index is 12.5. The minimum absolute atomic E-state index is 0.171. The first-order valence-corrected chi connectivity index (χ1v) is 11.1. The molecule has 1 aromatic heterocycles. The van der Waals surface area contributed by atoms with Gasteiger partial charge in [-0.3, -0.25) is 9.69 Å². The summed E-state index contributed by atoms with van der Waals surface area (Å²) in [6.07, 6.45) is 4.79. The van der Waals surface area contributed by atoms with Crippen LogP contribution in [0, 0.1) is 0 Å². The lowest BCUT2D eigenvalue weighted by atomic mass is 9.93. The summed E-state index contributed by atoms with van der Waals surface area (Å²) in [6, 6.07) is 10.3. The molecule has 1 aliphatic heterocycles. The largest absolute Gasteiger partial charge is 0.393 e. The van der Waals surface area contributed by atoms with Crippen LogP contribution in [0.3, 0.4) is 0 Å². The third-order valence-electron chi connectivity index (χ3n) is 6.13. The van der Waals surface area contributed by atoms with E-state index in [0.29, 0.717) is 12.4 Å². The molecule has 2 aromatic rings. The number of aliphatic hydroxyl groups excluding tert-OH is 2. The maximum Gasteiger partial charge on any atom is 0.270 e. The van der Waals surface area contributed by atoms with E-state index in [4.69, 9.17) is 0 Å². The van der Waals surface area contributed by atoms with E-state index in [-0.39, 0.29) is 30.3 Å². The van der Waals surface area contributed by atoms with Crippen LogP contribution >= 0.6 is 0 Å². The molecule has 1 aliphatic carbocycles. The number of carbonyl (C=O) groups is 1. The molecule has 0 spiro atoms. The molecule has 8 heteroatoms. The van der Waals surface area contributed by atoms with Crippen LogP contribution in [0.2, 0.25) is 0 Å². The van der Waals surface area contributed by atoms with E-state index in [1.165, 1.54) is 17.5 Å². The van der Waals surface area contributed by atoms with Crippen LogP contribution in [0.25, 0.3) is 0 Å². The molecule has 31 heavy (non-hydrogen) atoms. The van der Waals surface area contributed by atoms with Gasteiger partial charge in [0.15, 0.2) is 0 Å². The first-order chi connectivity index (χ1) is 15.1. The molecular formula is C23H31N5O3. The van der Waals surface area contributed by atoms with Gasteiger partial charge in [-0.2, -0.15) is 0 Å². The van der Waals surface area contributed by atoms with Crippen molar-refractivity contribution in [2.24, 2.45) is 0 Å². The summed E-state index contributed by atoms with van der Waals surface area (Å²) >= 11 is 0. The number of fused-ring (bicyclic) bond motifs is 1. The number of rotatable bonds is 7. The molecule has 1 unspecified atom stereocenters. The van der Waals surface area contributed by atoms with Gasteiger partial charge in [0.25, 0.3) is 5.91 Å². The third-order valence-corrected chi connectivity index (χ3v) is 6.13. The molecule has 8 nitrogen and oxygen atoms in total. The Kier molecular flexibility index (Phi) is 7.11. The third kappa shape index (κ3) is 6.00. The van der Waals surface area contributed by atoms with Crippen LogP contribution in [-0.2, 0) is 13.0 Å². The molecule has 4 rings (SSSR count). The van der Waals surface area contributed by atoms with Crippen LogP contribution in [-0.4, -0.2) is 68.9 Å². The van der Waals surface area contributed by atoms with Gasteiger partial charge in [-0.15, -0.1) is 0 Å². The highest BCUT2D eigenvalue weighted by Crippen LogP contribution is 2.21. The molecule has 1 saturated carbocycles. The molecule has 2 aliphatic rings. The van der Waals surface area contributed by atoms with E-state index in [1.807, 2.05) is 6.07 Å². The summed E-state index contributed by atoms with van der Waals surface area (Å²) in [7, 11) is 0. The van der Waals surface area contributed by atoms with Crippen molar-refractivity contribution in [3.8, 4) is 0 Å². The highest BCUT2D eigenvalue weighted by molar-refractivity contribution is 5.92. The van der Waals surface area contributed by atoms with Crippen molar-refractivity contribution in [2.45, 2.75) is 56.9 Å². The average molecular weight is 426 g/mol. The predicted molar refractivity (Wildman–Crippen MR) is 118 cm³/mol. The zero-order valence-electron chi connectivity index (χ0n) is 17.7. The molecule has 166 valence electrons. The second-order valence-corrected chi connectivity index (χ2v) is 8.56. The van der Waals surface area contributed by atoms with Gasteiger partial charge in [0.05, 0.1) is 12.2 Å². The zero-order chi connectivity index (χ0) is 21.6. The Morgan fingerprint density at radius 2 is 1.94 bits per heavy atom. The summed E-state index contributed by atoms with van der Waals surface area (Å²) < 4.78 is 0. The molecular weight excluding hydrogens is 394 g/mol. The Labute approximate surface area is 182 Å². The van der Waals surface area contributed by atoms with E-state index < -0.39 is 6.10 Å². The Hall–Kier alpha value is -2.55. The number of aromatic nitrogens is 2. The van der Waals surface area contributed by atoms with Crippen molar-refractivity contribution in [1.29, 1.82) is 0 Å². The van der Waals surface area contributed by atoms with Gasteiger partial charge in [-0.1, -0.05) is 24.3 Å². The van der Waals surface area contributed by atoms with Crippen LogP contribution in [0.1, 0.15) is 47.3 Å². The molecule has 1 atom stereocenters. The van der Waals surface area contributed by atoms with E-state index >= 15 is 0 Å². The lowest BCUT2D eigenvalue weighted by Crippen LogP contribution is -2.42. The SMILES string of the molecule is O=C(NCC(O)CN1CCc2ccccc2C1)c1cc(N[C@H]2CC[C@@H](O)CC2)ncn1. The monoisotopic (exact) mass is 425 g/mol. The second kappa shape index (κ2) is 10.2. The Morgan fingerprint density at radius 3 is 2.74 bits per heavy atom. The number of nitrogens with zero attached hydrogens (tertiary/aromatic N) is 3. The number of hydrogen-bond donors (Lipinski definition) is 4. The highest BCUT2D eigenvalue weighted by Gasteiger charge is 2.21. The number of carbonyl (C=O) groups excluding carboxylic acids is 1. The predicted octanol–water partition coefficient (Wildman–Crippen LogP) is 1.34. The lowest BCUT2D eigenvalue weighted by molar-refractivity contribution is 0.0838. The molecule has 0 saturated heterocycles. The molecule has 2 heterocycles. The van der Waals surface area contributed by atoms with Crippen molar-refractivity contribution in [2.75, 3.05) is 25.0 Å². The Balaban J connectivity index is 1.24. The summed E-state index contributed by atoms with van der Waals surface area (Å²) in [4.78, 5) is 23.0. The normalized spacial score (nSPS) is 22.4. The van der Waals surface area contributed by atoms with Gasteiger partial charge in [-0.05, 0) is 43.2 Å². The second-order valence-electron chi connectivity index (χ2n) is 8.56. The number of benzene rings is 1. The summed E-state index contributed by atoms with van der Waals surface area (Å²) in [6.45, 7) is 2.41. The number of β-amino-alcohol motifs (C(OH)–C–C–N with tert-alkyl or cyclic N) is 1. The molecule has 1 aromatic carbocycles. The van der Waals surface area contributed by atoms with Gasteiger partial charge < -0.3 is 20.8 Å². The molecule has 4 N–H and O–H groups in total. The smallest absolute Gasteiger partial charge is 0.270 e. The maximum absolute atomic E-state index is 12.5. The standard InChI is InChI=1S/C23H31N5O3/c29-19-7-5-18(6-8-19)27-22-11-21(25-15-26-22)23(31)24-12-20(30)14-28-10-9-16-3-1-2-4-17(16)13-28/h1-4,11,15,18-20,29-30H,5-10,12-14H2,(H,24,31)(H,25,26,27)/t18-,19+,20?. The first kappa shape index (κ1) is 21.7. The number of amides is 1. The molecule has 1 fully saturated rings. The number of hydrogen-bond acceptors (Lipinski definition) is 7. The van der Waals surface area contributed by atoms with Gasteiger partial charge in [0.1, 0.15) is 17.8 Å². The van der Waals surface area contributed by atoms with Crippen molar-refractivity contribution >= 4 is 11.7 Å². The zero-order valence-corrected chi connectivity index (χ0v) is 17.7. The number of aliphatic hydroxyl groups is 2. The Bertz CT molecular complexity index is 885. The Morgan fingerprint density at radius 1 is 1.16 bits per heavy atom. The van der Waals surface area contributed by atoms with Crippen LogP contribution < -0.4 is 10.6 Å². The van der Waals surface area contributed by atoms with Gasteiger partial charge in [0.2, 0.25) is 0 Å². The van der Waals surface area contributed by atoms with Crippen LogP contribution in [0.15, 0.2) is 36.7 Å². The van der Waals surface area contributed by atoms with Crippen molar-refractivity contribution in [3.63, 3.8) is 0 Å². The summed E-state index contributed by atoms with van der Waals surface area (Å²) in [5.41, 5.74) is 2.95. The molecule has 0 bridgehead atoms. The van der Waals surface area contributed by atoms with Crippen molar-refractivity contribution in [1.82, 2.24) is 20.2 Å². The van der Waals surface area contributed by atoms with Gasteiger partial charge >= 0.3 is 0 Å². The van der Waals surface area contributed by atoms with E-state index in [9.17, 15) is 15.0 Å². The van der Waals surface area contributed by atoms with E-state index in [0.717, 1.165) is 45.2 Å². The van der Waals surface area contributed by atoms with Crippen molar-refractivity contribution < 1.29 is 15.0 Å². The minimum Gasteiger partial charge on any atom is -0.393 e. The van der Waals surface area contributed by atoms with Crippen LogP contribution in [0.4, 0.5) is 5.82 Å². The minimum atomic E-state index is -0.651. The topological polar surface area (TPSA) is 111 Å². The first-order valence-electron chi connectivity index (χ1n) is 11.1. The van der Waals surface area contributed by atoms with E-state index in [1.54, 1.807) is 6.07 Å². The van der Waals surface area contributed by atoms with Gasteiger partial charge in [0, 0.05) is 38.3 Å². The average Bonchev–Trinajstić information content (AvgIpc) is 2.79. The summed E-state index contributed by atoms with van der Waals surface area (Å²) in [5, 5.41) is 26.1. The van der Waals surface area contributed by atoms with Crippen molar-refractivity contribution in [3.05, 3.63) is 53.5 Å². The molecule has 1 amide bonds. The summed E-state index contributed by atoms with van der Waals surface area (Å²) in [5.74, 6) is 0.279. The highest BCUT2D eigenvalue weighted by atomic mass is 16.3. The molecule has 0 radical (unpaired) electrons. The fourth-order valence-electron chi connectivity index (χ4n) is 4.36. The van der Waals surface area contributed by atoms with E-state index in [2.05, 4.69) is 43.7 Å². The number of nitrogens with one attached hydrogen (secondary N) is 2. The quantitative estimate of drug-likeness (QED) is 0.530.